The third-order valence-electron chi connectivity index (χ3n) is 2.68. The van der Waals surface area contributed by atoms with Crippen molar-refractivity contribution in [3.63, 3.8) is 0 Å². The topological polar surface area (TPSA) is 72.8 Å². The number of hydrogen-bond acceptors (Lipinski definition) is 5. The minimum Gasteiger partial charge on any atom is -0.465 e. The lowest BCUT2D eigenvalue weighted by Gasteiger charge is -2.13. The SMILES string of the molecule is COC(=O)c1ccc2c(c1)CC(=O)C(C(C)=O)=N2. The molecule has 0 spiro atoms. The number of fused-ring (bicyclic) bond motifs is 1. The van der Waals surface area contributed by atoms with E-state index in [0.717, 1.165) is 0 Å². The van der Waals surface area contributed by atoms with E-state index in [0.29, 0.717) is 16.8 Å². The quantitative estimate of drug-likeness (QED) is 0.735. The summed E-state index contributed by atoms with van der Waals surface area (Å²) in [6, 6.07) is 4.73. The molecule has 5 heteroatoms. The van der Waals surface area contributed by atoms with Crippen molar-refractivity contribution in [3.05, 3.63) is 29.3 Å². The second-order valence-electron chi connectivity index (χ2n) is 3.95. The van der Waals surface area contributed by atoms with E-state index in [-0.39, 0.29) is 23.7 Å². The standard InChI is InChI=1S/C13H11NO4/c1-7(15)12-11(16)6-9-5-8(13(17)18-2)3-4-10(9)14-12/h3-5H,6H2,1-2H3. The Kier molecular flexibility index (Phi) is 3.06. The predicted octanol–water partition coefficient (Wildman–Crippen LogP) is 1.26. The van der Waals surface area contributed by atoms with E-state index in [1.54, 1.807) is 18.2 Å². The molecule has 0 saturated carbocycles. The minimum atomic E-state index is -0.466. The average Bonchev–Trinajstić information content (AvgIpc) is 2.35. The van der Waals surface area contributed by atoms with Gasteiger partial charge in [0.25, 0.3) is 0 Å². The molecule has 1 aliphatic rings. The van der Waals surface area contributed by atoms with E-state index >= 15 is 0 Å². The van der Waals surface area contributed by atoms with Crippen LogP contribution < -0.4 is 0 Å². The smallest absolute Gasteiger partial charge is 0.337 e. The second kappa shape index (κ2) is 4.52. The number of methoxy groups -OCH3 is 1. The lowest BCUT2D eigenvalue weighted by molar-refractivity contribution is -0.115. The van der Waals surface area contributed by atoms with Gasteiger partial charge in [-0.1, -0.05) is 0 Å². The fourth-order valence-corrected chi connectivity index (χ4v) is 1.80. The third-order valence-corrected chi connectivity index (χ3v) is 2.68. The maximum absolute atomic E-state index is 11.7. The van der Waals surface area contributed by atoms with Crippen LogP contribution in [0.2, 0.25) is 0 Å². The molecule has 1 aliphatic heterocycles. The molecule has 0 aliphatic carbocycles. The number of carbonyl (C=O) groups is 3. The first-order valence-corrected chi connectivity index (χ1v) is 5.37. The summed E-state index contributed by atoms with van der Waals surface area (Å²) in [5.41, 5.74) is 1.51. The largest absolute Gasteiger partial charge is 0.465 e. The van der Waals surface area contributed by atoms with Gasteiger partial charge in [-0.2, -0.15) is 0 Å². The van der Waals surface area contributed by atoms with Gasteiger partial charge in [-0.3, -0.25) is 9.59 Å². The van der Waals surface area contributed by atoms with Gasteiger partial charge in [0, 0.05) is 13.3 Å². The van der Waals surface area contributed by atoms with Crippen LogP contribution in [-0.2, 0) is 20.7 Å². The van der Waals surface area contributed by atoms with Crippen LogP contribution >= 0.6 is 0 Å². The summed E-state index contributed by atoms with van der Waals surface area (Å²) >= 11 is 0. The van der Waals surface area contributed by atoms with Crippen molar-refractivity contribution < 1.29 is 19.1 Å². The van der Waals surface area contributed by atoms with E-state index in [1.165, 1.54) is 14.0 Å². The first kappa shape index (κ1) is 12.2. The average molecular weight is 245 g/mol. The van der Waals surface area contributed by atoms with Crippen LogP contribution in [0, 0.1) is 0 Å². The fraction of sp³-hybridized carbons (Fsp3) is 0.231. The molecule has 0 N–H and O–H groups in total. The van der Waals surface area contributed by atoms with Crippen molar-refractivity contribution in [2.45, 2.75) is 13.3 Å². The van der Waals surface area contributed by atoms with Gasteiger partial charge < -0.3 is 4.74 Å². The van der Waals surface area contributed by atoms with Gasteiger partial charge in [0.05, 0.1) is 18.4 Å². The van der Waals surface area contributed by atoms with Gasteiger partial charge in [-0.05, 0) is 23.8 Å². The van der Waals surface area contributed by atoms with Gasteiger partial charge in [0.2, 0.25) is 0 Å². The Morgan fingerprint density at radius 1 is 1.33 bits per heavy atom. The maximum atomic E-state index is 11.7. The van der Waals surface area contributed by atoms with Crippen LogP contribution in [0.25, 0.3) is 0 Å². The Morgan fingerprint density at radius 2 is 2.06 bits per heavy atom. The summed E-state index contributed by atoms with van der Waals surface area (Å²) < 4.78 is 4.60. The van der Waals surface area contributed by atoms with Gasteiger partial charge in [-0.25, -0.2) is 9.79 Å². The van der Waals surface area contributed by atoms with Gasteiger partial charge >= 0.3 is 5.97 Å². The highest BCUT2D eigenvalue weighted by atomic mass is 16.5. The zero-order valence-electron chi connectivity index (χ0n) is 10.0. The van der Waals surface area contributed by atoms with Crippen molar-refractivity contribution in [2.75, 3.05) is 7.11 Å². The second-order valence-corrected chi connectivity index (χ2v) is 3.95. The molecule has 1 aromatic rings. The van der Waals surface area contributed by atoms with Crippen molar-refractivity contribution in [3.8, 4) is 0 Å². The third kappa shape index (κ3) is 2.07. The van der Waals surface area contributed by atoms with Gasteiger partial charge in [-0.15, -0.1) is 0 Å². The molecule has 0 bridgehead atoms. The number of aliphatic imine (C=N–C) groups is 1. The summed E-state index contributed by atoms with van der Waals surface area (Å²) in [5.74, 6) is -1.13. The highest BCUT2D eigenvalue weighted by Gasteiger charge is 2.24. The summed E-state index contributed by atoms with van der Waals surface area (Å²) in [6.45, 7) is 1.31. The lowest BCUT2D eigenvalue weighted by Crippen LogP contribution is -2.26. The molecule has 0 radical (unpaired) electrons. The molecule has 1 heterocycles. The van der Waals surface area contributed by atoms with Crippen LogP contribution in [0.1, 0.15) is 22.8 Å². The molecule has 0 aromatic heterocycles. The number of Topliss-reactive ketones (excluding diaryl/α,β-unsaturated/α-hetero) is 2. The Morgan fingerprint density at radius 3 is 2.67 bits per heavy atom. The fourth-order valence-electron chi connectivity index (χ4n) is 1.80. The Bertz CT molecular complexity index is 587. The van der Waals surface area contributed by atoms with E-state index in [9.17, 15) is 14.4 Å². The molecule has 0 saturated heterocycles. The summed E-state index contributed by atoms with van der Waals surface area (Å²) in [6.07, 6.45) is 0.0819. The molecule has 0 fully saturated rings. The molecule has 92 valence electrons. The highest BCUT2D eigenvalue weighted by Crippen LogP contribution is 2.26. The first-order valence-electron chi connectivity index (χ1n) is 5.37. The van der Waals surface area contributed by atoms with Crippen LogP contribution in [0.3, 0.4) is 0 Å². The van der Waals surface area contributed by atoms with Crippen molar-refractivity contribution in [1.29, 1.82) is 0 Å². The van der Waals surface area contributed by atoms with Gasteiger partial charge in [0.1, 0.15) is 5.71 Å². The number of nitrogens with zero attached hydrogens (tertiary/aromatic N) is 1. The van der Waals surface area contributed by atoms with Crippen LogP contribution in [0.5, 0.6) is 0 Å². The normalized spacial score (nSPS) is 13.7. The molecule has 18 heavy (non-hydrogen) atoms. The number of rotatable bonds is 2. The van der Waals surface area contributed by atoms with Crippen molar-refractivity contribution in [2.24, 2.45) is 4.99 Å². The van der Waals surface area contributed by atoms with Crippen LogP contribution in [-0.4, -0.2) is 30.4 Å². The summed E-state index contributed by atoms with van der Waals surface area (Å²) in [4.78, 5) is 38.3. The predicted molar refractivity (Wildman–Crippen MR) is 64.3 cm³/mol. The summed E-state index contributed by atoms with van der Waals surface area (Å²) in [5, 5.41) is 0. The lowest BCUT2D eigenvalue weighted by atomic mass is 9.97. The number of ketones is 2. The van der Waals surface area contributed by atoms with E-state index in [2.05, 4.69) is 9.73 Å². The molecule has 5 nitrogen and oxygen atoms in total. The van der Waals surface area contributed by atoms with Crippen LogP contribution in [0.4, 0.5) is 5.69 Å². The number of benzene rings is 1. The number of esters is 1. The monoisotopic (exact) mass is 245 g/mol. The van der Waals surface area contributed by atoms with E-state index in [1.807, 2.05) is 0 Å². The zero-order chi connectivity index (χ0) is 13.3. The molecule has 0 unspecified atom stereocenters. The number of hydrogen-bond donors (Lipinski definition) is 0. The molecule has 2 rings (SSSR count). The first-order chi connectivity index (χ1) is 8.52. The minimum absolute atomic E-state index is 0.0340. The Hall–Kier alpha value is -2.30. The molecule has 1 aromatic carbocycles. The number of ether oxygens (including phenoxy) is 1. The Labute approximate surface area is 103 Å². The van der Waals surface area contributed by atoms with E-state index < -0.39 is 5.97 Å². The van der Waals surface area contributed by atoms with Crippen LogP contribution in [0.15, 0.2) is 23.2 Å². The zero-order valence-corrected chi connectivity index (χ0v) is 10.0. The van der Waals surface area contributed by atoms with E-state index in [4.69, 9.17) is 0 Å². The number of carbonyl (C=O) groups excluding carboxylic acids is 3. The van der Waals surface area contributed by atoms with Crippen molar-refractivity contribution >= 4 is 28.9 Å². The molecular formula is C13H11NO4. The molecule has 0 atom stereocenters. The van der Waals surface area contributed by atoms with Gasteiger partial charge in [0.15, 0.2) is 11.6 Å². The molecular weight excluding hydrogens is 234 g/mol. The maximum Gasteiger partial charge on any atom is 0.337 e. The Balaban J connectivity index is 2.47. The highest BCUT2D eigenvalue weighted by molar-refractivity contribution is 6.66. The van der Waals surface area contributed by atoms with Crippen molar-refractivity contribution in [1.82, 2.24) is 0 Å². The summed E-state index contributed by atoms with van der Waals surface area (Å²) in [7, 11) is 1.29. The molecule has 0 amide bonds.